The van der Waals surface area contributed by atoms with E-state index in [9.17, 15) is 9.59 Å². The first-order valence-electron chi connectivity index (χ1n) is 7.11. The van der Waals surface area contributed by atoms with E-state index < -0.39 is 12.1 Å². The van der Waals surface area contributed by atoms with Crippen LogP contribution in [0.5, 0.6) is 0 Å². The highest BCUT2D eigenvalue weighted by Gasteiger charge is 2.33. The van der Waals surface area contributed by atoms with Crippen molar-refractivity contribution in [2.24, 2.45) is 0 Å². The topological polar surface area (TPSA) is 87.5 Å². The van der Waals surface area contributed by atoms with Gasteiger partial charge in [0.2, 0.25) is 5.91 Å². The van der Waals surface area contributed by atoms with Crippen molar-refractivity contribution in [3.63, 3.8) is 0 Å². The van der Waals surface area contributed by atoms with Crippen molar-refractivity contribution >= 4 is 35.0 Å². The maximum absolute atomic E-state index is 12.4. The molecule has 8 heteroatoms. The third kappa shape index (κ3) is 3.45. The van der Waals surface area contributed by atoms with E-state index in [0.29, 0.717) is 29.6 Å². The molecule has 0 bridgehead atoms. The molecule has 1 fully saturated rings. The molecule has 0 spiro atoms. The van der Waals surface area contributed by atoms with Gasteiger partial charge in [0.15, 0.2) is 5.82 Å². The van der Waals surface area contributed by atoms with Gasteiger partial charge in [-0.05, 0) is 37.6 Å². The first-order valence-corrected chi connectivity index (χ1v) is 7.48. The quantitative estimate of drug-likeness (QED) is 0.903. The summed E-state index contributed by atoms with van der Waals surface area (Å²) in [4.78, 5) is 25.9. The number of anilines is 2. The van der Waals surface area contributed by atoms with Gasteiger partial charge in [-0.3, -0.25) is 10.1 Å². The van der Waals surface area contributed by atoms with Gasteiger partial charge >= 0.3 is 6.03 Å². The summed E-state index contributed by atoms with van der Waals surface area (Å²) in [6, 6.07) is 7.54. The lowest BCUT2D eigenvalue weighted by Crippen LogP contribution is -2.43. The normalized spacial score (nSPS) is 17.4. The third-order valence-corrected chi connectivity index (χ3v) is 3.77. The number of amides is 3. The van der Waals surface area contributed by atoms with Gasteiger partial charge in [-0.2, -0.15) is 0 Å². The fourth-order valence-electron chi connectivity index (χ4n) is 2.43. The predicted octanol–water partition coefficient (Wildman–Crippen LogP) is 2.56. The standard InChI is InChI=1S/C15H15ClN4O3/c1-9-8-13(19-23-9)18-15(22)17-12-6-7-20(14(12)21)11-4-2-10(16)3-5-11/h2-5,8,12H,6-7H2,1H3,(H2,17,18,19,22)/t12-/m0/s1. The zero-order chi connectivity index (χ0) is 16.4. The summed E-state index contributed by atoms with van der Waals surface area (Å²) >= 11 is 5.85. The Hall–Kier alpha value is -2.54. The van der Waals surface area contributed by atoms with E-state index in [-0.39, 0.29) is 5.91 Å². The predicted molar refractivity (Wildman–Crippen MR) is 85.6 cm³/mol. The van der Waals surface area contributed by atoms with Crippen LogP contribution in [0, 0.1) is 6.92 Å². The third-order valence-electron chi connectivity index (χ3n) is 3.52. The van der Waals surface area contributed by atoms with Gasteiger partial charge in [0.25, 0.3) is 0 Å². The Morgan fingerprint density at radius 2 is 2.13 bits per heavy atom. The number of hydrogen-bond donors (Lipinski definition) is 2. The van der Waals surface area contributed by atoms with E-state index in [2.05, 4.69) is 15.8 Å². The van der Waals surface area contributed by atoms with E-state index in [0.717, 1.165) is 5.69 Å². The van der Waals surface area contributed by atoms with Crippen molar-refractivity contribution in [2.75, 3.05) is 16.8 Å². The Kier molecular flexibility index (Phi) is 4.20. The SMILES string of the molecule is Cc1cc(NC(=O)N[C@H]2CCN(c3ccc(Cl)cc3)C2=O)no1. The van der Waals surface area contributed by atoms with Gasteiger partial charge in [0.05, 0.1) is 0 Å². The zero-order valence-corrected chi connectivity index (χ0v) is 13.1. The molecule has 23 heavy (non-hydrogen) atoms. The number of carbonyl (C=O) groups is 2. The Morgan fingerprint density at radius 3 is 2.78 bits per heavy atom. The number of hydrogen-bond acceptors (Lipinski definition) is 4. The number of halogens is 1. The Labute approximate surface area is 137 Å². The second-order valence-electron chi connectivity index (χ2n) is 5.23. The molecule has 3 amide bonds. The van der Waals surface area contributed by atoms with Gasteiger partial charge in [-0.1, -0.05) is 16.8 Å². The highest BCUT2D eigenvalue weighted by molar-refractivity contribution is 6.30. The molecule has 0 aliphatic carbocycles. The number of urea groups is 1. The van der Waals surface area contributed by atoms with E-state index in [1.165, 1.54) is 0 Å². The number of benzene rings is 1. The molecule has 7 nitrogen and oxygen atoms in total. The largest absolute Gasteiger partial charge is 0.360 e. The summed E-state index contributed by atoms with van der Waals surface area (Å²) in [7, 11) is 0. The molecule has 120 valence electrons. The fourth-order valence-corrected chi connectivity index (χ4v) is 2.55. The minimum absolute atomic E-state index is 0.154. The number of nitrogens with one attached hydrogen (secondary N) is 2. The molecular weight excluding hydrogens is 320 g/mol. The molecule has 1 aliphatic rings. The lowest BCUT2D eigenvalue weighted by Gasteiger charge is -2.17. The zero-order valence-electron chi connectivity index (χ0n) is 12.4. The first-order chi connectivity index (χ1) is 11.0. The van der Waals surface area contributed by atoms with Crippen LogP contribution in [0.15, 0.2) is 34.9 Å². The molecule has 1 aromatic carbocycles. The van der Waals surface area contributed by atoms with Crippen LogP contribution in [0.2, 0.25) is 5.02 Å². The average Bonchev–Trinajstić information content (AvgIpc) is 3.07. The molecule has 2 aromatic rings. The summed E-state index contributed by atoms with van der Waals surface area (Å²) < 4.78 is 4.86. The van der Waals surface area contributed by atoms with E-state index >= 15 is 0 Å². The summed E-state index contributed by atoms with van der Waals surface area (Å²) in [6.07, 6.45) is 0.534. The van der Waals surface area contributed by atoms with Crippen molar-refractivity contribution in [1.82, 2.24) is 10.5 Å². The molecule has 2 heterocycles. The van der Waals surface area contributed by atoms with Crippen LogP contribution >= 0.6 is 11.6 Å². The van der Waals surface area contributed by atoms with Crippen molar-refractivity contribution in [3.05, 3.63) is 41.1 Å². The number of carbonyl (C=O) groups excluding carboxylic acids is 2. The summed E-state index contributed by atoms with van der Waals surface area (Å²) in [6.45, 7) is 2.26. The number of aryl methyl sites for hydroxylation is 1. The van der Waals surface area contributed by atoms with E-state index in [1.54, 1.807) is 42.2 Å². The highest BCUT2D eigenvalue weighted by atomic mass is 35.5. The molecule has 1 saturated heterocycles. The van der Waals surface area contributed by atoms with Crippen LogP contribution in [0.1, 0.15) is 12.2 Å². The van der Waals surface area contributed by atoms with Gasteiger partial charge < -0.3 is 14.7 Å². The van der Waals surface area contributed by atoms with Crippen LogP contribution in [0.25, 0.3) is 0 Å². The van der Waals surface area contributed by atoms with Crippen LogP contribution in [0.4, 0.5) is 16.3 Å². The van der Waals surface area contributed by atoms with Gasteiger partial charge in [-0.25, -0.2) is 4.79 Å². The van der Waals surface area contributed by atoms with Crippen molar-refractivity contribution < 1.29 is 14.1 Å². The Balaban J connectivity index is 1.60. The number of nitrogens with zero attached hydrogens (tertiary/aromatic N) is 2. The molecule has 0 radical (unpaired) electrons. The van der Waals surface area contributed by atoms with Crippen molar-refractivity contribution in [1.29, 1.82) is 0 Å². The smallest absolute Gasteiger partial charge is 0.321 e. The molecular formula is C15H15ClN4O3. The molecule has 1 aliphatic heterocycles. The van der Waals surface area contributed by atoms with E-state index in [4.69, 9.17) is 16.1 Å². The number of rotatable bonds is 3. The number of aromatic nitrogens is 1. The van der Waals surface area contributed by atoms with E-state index in [1.807, 2.05) is 0 Å². The van der Waals surface area contributed by atoms with Gasteiger partial charge in [0, 0.05) is 23.3 Å². The summed E-state index contributed by atoms with van der Waals surface area (Å²) in [5.74, 6) is 0.741. The van der Waals surface area contributed by atoms with Crippen LogP contribution in [0.3, 0.4) is 0 Å². The molecule has 1 atom stereocenters. The second kappa shape index (κ2) is 6.29. The molecule has 3 rings (SSSR count). The van der Waals surface area contributed by atoms with Crippen molar-refractivity contribution in [2.45, 2.75) is 19.4 Å². The van der Waals surface area contributed by atoms with Crippen LogP contribution in [-0.4, -0.2) is 29.7 Å². The summed E-state index contributed by atoms with van der Waals surface area (Å²) in [5.41, 5.74) is 0.760. The van der Waals surface area contributed by atoms with Gasteiger partial charge in [-0.15, -0.1) is 0 Å². The fraction of sp³-hybridized carbons (Fsp3) is 0.267. The molecule has 2 N–H and O–H groups in total. The minimum atomic E-state index is -0.571. The first kappa shape index (κ1) is 15.4. The van der Waals surface area contributed by atoms with Crippen LogP contribution in [-0.2, 0) is 4.79 Å². The lowest BCUT2D eigenvalue weighted by atomic mass is 10.2. The highest BCUT2D eigenvalue weighted by Crippen LogP contribution is 2.23. The average molecular weight is 335 g/mol. The second-order valence-corrected chi connectivity index (χ2v) is 5.67. The van der Waals surface area contributed by atoms with Crippen LogP contribution < -0.4 is 15.5 Å². The minimum Gasteiger partial charge on any atom is -0.360 e. The van der Waals surface area contributed by atoms with Crippen molar-refractivity contribution in [3.8, 4) is 0 Å². The maximum atomic E-state index is 12.4. The monoisotopic (exact) mass is 334 g/mol. The molecule has 0 unspecified atom stereocenters. The Bertz CT molecular complexity index is 729. The maximum Gasteiger partial charge on any atom is 0.321 e. The lowest BCUT2D eigenvalue weighted by molar-refractivity contribution is -0.118. The summed E-state index contributed by atoms with van der Waals surface area (Å²) in [5, 5.41) is 9.45. The Morgan fingerprint density at radius 1 is 1.39 bits per heavy atom. The van der Waals surface area contributed by atoms with Gasteiger partial charge in [0.1, 0.15) is 11.8 Å². The molecule has 0 saturated carbocycles. The molecule has 1 aromatic heterocycles.